The molecule has 1 aliphatic heterocycles. The van der Waals surface area contributed by atoms with Gasteiger partial charge in [-0.2, -0.15) is 0 Å². The van der Waals surface area contributed by atoms with Crippen LogP contribution in [0.5, 0.6) is 0 Å². The van der Waals surface area contributed by atoms with E-state index in [1.165, 1.54) is 12.0 Å². The van der Waals surface area contributed by atoms with Crippen molar-refractivity contribution in [2.24, 2.45) is 0 Å². The fourth-order valence-corrected chi connectivity index (χ4v) is 1.66. The van der Waals surface area contributed by atoms with Gasteiger partial charge in [0.15, 0.2) is 0 Å². The van der Waals surface area contributed by atoms with E-state index < -0.39 is 23.7 Å². The summed E-state index contributed by atoms with van der Waals surface area (Å²) in [4.78, 5) is 35.3. The highest BCUT2D eigenvalue weighted by Gasteiger charge is 2.40. The fourth-order valence-electron chi connectivity index (χ4n) is 1.66. The minimum Gasteiger partial charge on any atom is -0.467 e. The molecule has 0 spiro atoms. The van der Waals surface area contributed by atoms with Gasteiger partial charge in [0.25, 0.3) is 0 Å². The van der Waals surface area contributed by atoms with E-state index in [-0.39, 0.29) is 13.0 Å². The number of nitrogens with zero attached hydrogens (tertiary/aromatic N) is 1. The predicted molar refractivity (Wildman–Crippen MR) is 62.6 cm³/mol. The third-order valence-corrected chi connectivity index (χ3v) is 2.42. The highest BCUT2D eigenvalue weighted by atomic mass is 16.6. The van der Waals surface area contributed by atoms with E-state index in [1.807, 2.05) is 0 Å². The van der Waals surface area contributed by atoms with Crippen LogP contribution in [-0.2, 0) is 19.1 Å². The number of hydrogen-bond donors (Lipinski definition) is 0. The first-order valence-electron chi connectivity index (χ1n) is 5.59. The van der Waals surface area contributed by atoms with Crippen LogP contribution in [0.15, 0.2) is 5.57 Å². The molecule has 100 valence electrons. The normalized spacial score (nSPS) is 19.4. The Morgan fingerprint density at radius 3 is 2.44 bits per heavy atom. The van der Waals surface area contributed by atoms with Gasteiger partial charge in [0, 0.05) is 12.0 Å². The van der Waals surface area contributed by atoms with E-state index >= 15 is 0 Å². The summed E-state index contributed by atoms with van der Waals surface area (Å²) < 4.78 is 9.78. The lowest BCUT2D eigenvalue weighted by atomic mass is 10.2. The average Bonchev–Trinajstić information content (AvgIpc) is 2.69. The van der Waals surface area contributed by atoms with Gasteiger partial charge in [0.1, 0.15) is 17.6 Å². The van der Waals surface area contributed by atoms with Crippen LogP contribution in [0.1, 0.15) is 27.2 Å². The molecule has 0 aromatic carbocycles. The minimum atomic E-state index is -0.804. The van der Waals surface area contributed by atoms with Crippen molar-refractivity contribution in [1.82, 2.24) is 4.90 Å². The van der Waals surface area contributed by atoms with Crippen LogP contribution in [0, 0.1) is 0 Å². The number of ether oxygens (including phenoxy) is 2. The lowest BCUT2D eigenvalue weighted by Crippen LogP contribution is -2.43. The Kier molecular flexibility index (Phi) is 4.14. The van der Waals surface area contributed by atoms with Crippen LogP contribution in [0.2, 0.25) is 0 Å². The highest BCUT2D eigenvalue weighted by molar-refractivity contribution is 5.84. The van der Waals surface area contributed by atoms with Gasteiger partial charge in [-0.3, -0.25) is 4.90 Å². The van der Waals surface area contributed by atoms with E-state index in [9.17, 15) is 14.4 Å². The van der Waals surface area contributed by atoms with Crippen LogP contribution in [0.4, 0.5) is 4.79 Å². The molecule has 1 saturated heterocycles. The van der Waals surface area contributed by atoms with Gasteiger partial charge < -0.3 is 9.47 Å². The molecule has 1 amide bonds. The molecule has 6 nitrogen and oxygen atoms in total. The standard InChI is InChI=1S/C12H17NO5/c1-12(2,3)18-11(16)13-6-8(7-14)5-9(13)10(15)17-4/h9H,5-6H2,1-4H3/t9-/m0/s1. The number of likely N-dealkylation sites (tertiary alicyclic amines) is 1. The molecular formula is C12H17NO5. The first-order chi connectivity index (χ1) is 8.28. The number of amides is 1. The molecule has 1 aliphatic rings. The molecule has 1 atom stereocenters. The van der Waals surface area contributed by atoms with Crippen molar-refractivity contribution in [2.45, 2.75) is 38.8 Å². The maximum Gasteiger partial charge on any atom is 0.411 e. The van der Waals surface area contributed by atoms with Gasteiger partial charge in [-0.05, 0) is 20.8 Å². The third-order valence-electron chi connectivity index (χ3n) is 2.42. The first kappa shape index (κ1) is 14.3. The van der Waals surface area contributed by atoms with Crippen LogP contribution >= 0.6 is 0 Å². The summed E-state index contributed by atoms with van der Waals surface area (Å²) in [5.41, 5.74) is -0.304. The zero-order valence-corrected chi connectivity index (χ0v) is 11.0. The topological polar surface area (TPSA) is 72.9 Å². The molecule has 0 aromatic heterocycles. The molecule has 6 heteroatoms. The molecule has 0 bridgehead atoms. The van der Waals surface area contributed by atoms with E-state index in [1.54, 1.807) is 26.7 Å². The summed E-state index contributed by atoms with van der Waals surface area (Å²) in [6.45, 7) is 5.23. The van der Waals surface area contributed by atoms with Crippen molar-refractivity contribution in [2.75, 3.05) is 13.7 Å². The van der Waals surface area contributed by atoms with Gasteiger partial charge >= 0.3 is 12.1 Å². The molecule has 0 aromatic rings. The van der Waals surface area contributed by atoms with Crippen LogP contribution < -0.4 is 0 Å². The second-order valence-electron chi connectivity index (χ2n) is 5.06. The van der Waals surface area contributed by atoms with E-state index in [0.717, 1.165) is 0 Å². The molecule has 18 heavy (non-hydrogen) atoms. The van der Waals surface area contributed by atoms with Crippen LogP contribution in [0.3, 0.4) is 0 Å². The quantitative estimate of drug-likeness (QED) is 0.514. The fraction of sp³-hybridized carbons (Fsp3) is 0.667. The summed E-state index contributed by atoms with van der Waals surface area (Å²) in [5.74, 6) is 1.17. The Hall–Kier alpha value is -1.81. The van der Waals surface area contributed by atoms with E-state index in [4.69, 9.17) is 4.74 Å². The van der Waals surface area contributed by atoms with Crippen LogP contribution in [-0.4, -0.2) is 48.2 Å². The number of hydrogen-bond acceptors (Lipinski definition) is 5. The zero-order valence-electron chi connectivity index (χ0n) is 11.0. The zero-order chi connectivity index (χ0) is 13.9. The number of carbonyl (C=O) groups is 2. The number of carbonyl (C=O) groups excluding carboxylic acids is 3. The minimum absolute atomic E-state index is 0.0538. The van der Waals surface area contributed by atoms with E-state index in [0.29, 0.717) is 5.57 Å². The second kappa shape index (κ2) is 5.23. The molecule has 0 saturated carbocycles. The van der Waals surface area contributed by atoms with Gasteiger partial charge in [-0.25, -0.2) is 14.4 Å². The second-order valence-corrected chi connectivity index (χ2v) is 5.06. The van der Waals surface area contributed by atoms with Gasteiger partial charge in [0.05, 0.1) is 13.7 Å². The molecule has 0 unspecified atom stereocenters. The molecule has 1 heterocycles. The van der Waals surface area contributed by atoms with E-state index in [2.05, 4.69) is 4.74 Å². The van der Waals surface area contributed by atoms with Gasteiger partial charge in [-0.1, -0.05) is 0 Å². The number of methoxy groups -OCH3 is 1. The average molecular weight is 255 g/mol. The highest BCUT2D eigenvalue weighted by Crippen LogP contribution is 2.24. The molecule has 1 rings (SSSR count). The van der Waals surface area contributed by atoms with Crippen molar-refractivity contribution in [3.05, 3.63) is 5.57 Å². The maximum atomic E-state index is 11.9. The largest absolute Gasteiger partial charge is 0.467 e. The van der Waals surface area contributed by atoms with Crippen molar-refractivity contribution in [3.63, 3.8) is 0 Å². The first-order valence-corrected chi connectivity index (χ1v) is 5.59. The van der Waals surface area contributed by atoms with Gasteiger partial charge in [0.2, 0.25) is 0 Å². The maximum absolute atomic E-state index is 11.9. The Bertz CT molecular complexity index is 403. The number of esters is 1. The SMILES string of the molecule is COC(=O)[C@@H]1CC(=C=O)CN1C(=O)OC(C)(C)C. The molecule has 0 N–H and O–H groups in total. The summed E-state index contributed by atoms with van der Waals surface area (Å²) in [5, 5.41) is 0. The third kappa shape index (κ3) is 3.34. The Labute approximate surface area is 106 Å². The number of rotatable bonds is 1. The van der Waals surface area contributed by atoms with Crippen molar-refractivity contribution in [3.8, 4) is 0 Å². The smallest absolute Gasteiger partial charge is 0.411 e. The Balaban J connectivity index is 2.87. The van der Waals surface area contributed by atoms with Crippen LogP contribution in [0.25, 0.3) is 0 Å². The van der Waals surface area contributed by atoms with Crippen molar-refractivity contribution < 1.29 is 23.9 Å². The summed E-state index contributed by atoms with van der Waals surface area (Å²) >= 11 is 0. The van der Waals surface area contributed by atoms with Crippen molar-refractivity contribution >= 4 is 18.0 Å². The summed E-state index contributed by atoms with van der Waals surface area (Å²) in [7, 11) is 1.23. The van der Waals surface area contributed by atoms with Gasteiger partial charge in [-0.15, -0.1) is 0 Å². The summed E-state index contributed by atoms with van der Waals surface area (Å²) in [6.07, 6.45) is -0.488. The Morgan fingerprint density at radius 2 is 2.00 bits per heavy atom. The van der Waals surface area contributed by atoms with Crippen molar-refractivity contribution in [1.29, 1.82) is 0 Å². The predicted octanol–water partition coefficient (Wildman–Crippen LogP) is 0.927. The molecular weight excluding hydrogens is 238 g/mol. The molecule has 0 aliphatic carbocycles. The Morgan fingerprint density at radius 1 is 1.39 bits per heavy atom. The lowest BCUT2D eigenvalue weighted by molar-refractivity contribution is -0.145. The summed E-state index contributed by atoms with van der Waals surface area (Å²) in [6, 6.07) is -0.804. The molecule has 0 radical (unpaired) electrons. The monoisotopic (exact) mass is 255 g/mol. The molecule has 1 fully saturated rings. The lowest BCUT2D eigenvalue weighted by Gasteiger charge is -2.26.